The number of nitrogens with zero attached hydrogens (tertiary/aromatic N) is 1. The molecular formula is C22H30FN3O3. The van der Waals surface area contributed by atoms with Crippen molar-refractivity contribution in [3.63, 3.8) is 0 Å². The molecule has 1 amide bonds. The van der Waals surface area contributed by atoms with E-state index in [0.29, 0.717) is 23.7 Å². The first-order chi connectivity index (χ1) is 13.5. The Morgan fingerprint density at radius 1 is 1.21 bits per heavy atom. The van der Waals surface area contributed by atoms with Gasteiger partial charge in [-0.15, -0.1) is 0 Å². The summed E-state index contributed by atoms with van der Waals surface area (Å²) in [5, 5.41) is 2.81. The zero-order chi connectivity index (χ0) is 21.6. The van der Waals surface area contributed by atoms with Gasteiger partial charge in [-0.05, 0) is 68.5 Å². The summed E-state index contributed by atoms with van der Waals surface area (Å²) >= 11 is 0. The second-order valence-corrected chi connectivity index (χ2v) is 8.40. The molecule has 29 heavy (non-hydrogen) atoms. The highest BCUT2D eigenvalue weighted by atomic mass is 19.1. The van der Waals surface area contributed by atoms with Gasteiger partial charge in [0, 0.05) is 6.20 Å². The van der Waals surface area contributed by atoms with Crippen LogP contribution in [0.2, 0.25) is 0 Å². The van der Waals surface area contributed by atoms with E-state index in [1.54, 1.807) is 51.2 Å². The molecule has 0 unspecified atom stereocenters. The fraction of sp³-hybridized carbons (Fsp3) is 0.455. The molecule has 0 aliphatic carbocycles. The number of nitrogen functional groups attached to an aromatic ring is 1. The summed E-state index contributed by atoms with van der Waals surface area (Å²) in [6.45, 7) is 9.62. The molecule has 0 saturated carbocycles. The fourth-order valence-corrected chi connectivity index (χ4v) is 2.83. The van der Waals surface area contributed by atoms with Crippen molar-refractivity contribution in [1.29, 1.82) is 0 Å². The number of carbonyl (C=O) groups is 1. The number of amides is 1. The number of ether oxygens (including phenoxy) is 2. The summed E-state index contributed by atoms with van der Waals surface area (Å²) in [4.78, 5) is 16.0. The van der Waals surface area contributed by atoms with E-state index >= 15 is 0 Å². The van der Waals surface area contributed by atoms with Crippen LogP contribution in [0.4, 0.5) is 15.0 Å². The minimum atomic E-state index is -0.592. The van der Waals surface area contributed by atoms with Gasteiger partial charge in [0.25, 0.3) is 0 Å². The molecule has 0 radical (unpaired) electrons. The van der Waals surface area contributed by atoms with E-state index in [-0.39, 0.29) is 18.4 Å². The number of nitrogens with two attached hydrogens (primary N) is 1. The van der Waals surface area contributed by atoms with Crippen LogP contribution in [0.15, 0.2) is 36.5 Å². The predicted molar refractivity (Wildman–Crippen MR) is 112 cm³/mol. The number of rotatable bonds is 7. The molecule has 3 N–H and O–H groups in total. The second kappa shape index (κ2) is 9.58. The maximum absolute atomic E-state index is 14.6. The topological polar surface area (TPSA) is 86.5 Å². The van der Waals surface area contributed by atoms with Gasteiger partial charge in [0.05, 0.1) is 6.04 Å². The monoisotopic (exact) mass is 403 g/mol. The molecule has 0 bridgehead atoms. The van der Waals surface area contributed by atoms with Crippen LogP contribution < -0.4 is 15.8 Å². The van der Waals surface area contributed by atoms with Gasteiger partial charge in [-0.2, -0.15) is 0 Å². The van der Waals surface area contributed by atoms with E-state index in [1.807, 2.05) is 13.8 Å². The molecule has 2 rings (SSSR count). The molecule has 1 heterocycles. The number of carbonyl (C=O) groups excluding carboxylic acids is 1. The maximum Gasteiger partial charge on any atom is 0.407 e. The number of nitrogens with one attached hydrogen (secondary N) is 1. The second-order valence-electron chi connectivity index (χ2n) is 8.40. The summed E-state index contributed by atoms with van der Waals surface area (Å²) in [7, 11) is 0. The maximum atomic E-state index is 14.6. The standard InChI is InChI=1S/C22H30FN3O3/c1-14(2)10-17(26-21(27)29-22(3,4)5)13-28-19-7-6-15(11-18(19)23)16-8-9-25-20(24)12-16/h6-9,11-12,14,17H,10,13H2,1-5H3,(H2,24,25)(H,26,27)/t17-/m0/s1. The summed E-state index contributed by atoms with van der Waals surface area (Å²) in [6.07, 6.45) is 1.74. The first kappa shape index (κ1) is 22.5. The number of alkyl carbamates (subject to hydrolysis) is 1. The van der Waals surface area contributed by atoms with Gasteiger partial charge in [-0.1, -0.05) is 19.9 Å². The third-order valence-electron chi connectivity index (χ3n) is 3.96. The summed E-state index contributed by atoms with van der Waals surface area (Å²) in [5.41, 5.74) is 6.54. The van der Waals surface area contributed by atoms with Gasteiger partial charge in [0.15, 0.2) is 11.6 Å². The highest BCUT2D eigenvalue weighted by molar-refractivity contribution is 5.68. The van der Waals surface area contributed by atoms with Crippen LogP contribution in [0.25, 0.3) is 11.1 Å². The lowest BCUT2D eigenvalue weighted by Crippen LogP contribution is -2.42. The average molecular weight is 403 g/mol. The predicted octanol–water partition coefficient (Wildman–Crippen LogP) is 4.79. The Bertz CT molecular complexity index is 834. The Morgan fingerprint density at radius 3 is 2.48 bits per heavy atom. The average Bonchev–Trinajstić information content (AvgIpc) is 2.58. The van der Waals surface area contributed by atoms with Crippen molar-refractivity contribution in [2.45, 2.75) is 52.7 Å². The van der Waals surface area contributed by atoms with E-state index in [1.165, 1.54) is 6.07 Å². The molecule has 0 aliphatic rings. The third kappa shape index (κ3) is 7.60. The Hall–Kier alpha value is -2.83. The van der Waals surface area contributed by atoms with Crippen molar-refractivity contribution in [3.8, 4) is 16.9 Å². The lowest BCUT2D eigenvalue weighted by Gasteiger charge is -2.24. The van der Waals surface area contributed by atoms with Crippen molar-refractivity contribution in [3.05, 3.63) is 42.3 Å². The van der Waals surface area contributed by atoms with E-state index < -0.39 is 17.5 Å². The minimum absolute atomic E-state index is 0.121. The number of hydrogen-bond acceptors (Lipinski definition) is 5. The zero-order valence-corrected chi connectivity index (χ0v) is 17.7. The number of pyridine rings is 1. The normalized spacial score (nSPS) is 12.5. The quantitative estimate of drug-likeness (QED) is 0.694. The van der Waals surface area contributed by atoms with E-state index in [0.717, 1.165) is 5.56 Å². The molecule has 1 aromatic carbocycles. The molecule has 6 nitrogen and oxygen atoms in total. The van der Waals surface area contributed by atoms with Gasteiger partial charge >= 0.3 is 6.09 Å². The number of halogens is 1. The lowest BCUT2D eigenvalue weighted by atomic mass is 10.0. The van der Waals surface area contributed by atoms with Gasteiger partial charge < -0.3 is 20.5 Å². The molecule has 0 saturated heterocycles. The molecule has 0 spiro atoms. The Labute approximate surface area is 171 Å². The lowest BCUT2D eigenvalue weighted by molar-refractivity contribution is 0.0479. The van der Waals surface area contributed by atoms with Crippen LogP contribution in [0.5, 0.6) is 5.75 Å². The number of anilines is 1. The third-order valence-corrected chi connectivity index (χ3v) is 3.96. The highest BCUT2D eigenvalue weighted by Crippen LogP contribution is 2.26. The molecule has 7 heteroatoms. The largest absolute Gasteiger partial charge is 0.488 e. The van der Waals surface area contributed by atoms with Gasteiger partial charge in [-0.25, -0.2) is 14.2 Å². The van der Waals surface area contributed by atoms with E-state index in [4.69, 9.17) is 15.2 Å². The van der Waals surface area contributed by atoms with Crippen molar-refractivity contribution in [2.24, 2.45) is 5.92 Å². The first-order valence-electron chi connectivity index (χ1n) is 9.67. The van der Waals surface area contributed by atoms with Crippen LogP contribution in [-0.4, -0.2) is 29.3 Å². The van der Waals surface area contributed by atoms with Crippen molar-refractivity contribution in [2.75, 3.05) is 12.3 Å². The van der Waals surface area contributed by atoms with Crippen molar-refractivity contribution < 1.29 is 18.7 Å². The molecule has 158 valence electrons. The Balaban J connectivity index is 2.05. The molecule has 0 fully saturated rings. The molecule has 0 aliphatic heterocycles. The van der Waals surface area contributed by atoms with Crippen LogP contribution in [0.1, 0.15) is 41.0 Å². The number of aromatic nitrogens is 1. The van der Waals surface area contributed by atoms with Crippen LogP contribution in [-0.2, 0) is 4.74 Å². The zero-order valence-electron chi connectivity index (χ0n) is 17.7. The van der Waals surface area contributed by atoms with Crippen molar-refractivity contribution >= 4 is 11.9 Å². The van der Waals surface area contributed by atoms with Crippen molar-refractivity contribution in [1.82, 2.24) is 10.3 Å². The van der Waals surface area contributed by atoms with E-state index in [9.17, 15) is 9.18 Å². The SMILES string of the molecule is CC(C)C[C@@H](COc1ccc(-c2ccnc(N)c2)cc1F)NC(=O)OC(C)(C)C. The smallest absolute Gasteiger partial charge is 0.407 e. The van der Waals surface area contributed by atoms with Gasteiger partial charge in [0.2, 0.25) is 0 Å². The van der Waals surface area contributed by atoms with Crippen LogP contribution in [0, 0.1) is 11.7 Å². The number of hydrogen-bond donors (Lipinski definition) is 2. The van der Waals surface area contributed by atoms with Gasteiger partial charge in [-0.3, -0.25) is 0 Å². The Kier molecular flexibility index (Phi) is 7.42. The summed E-state index contributed by atoms with van der Waals surface area (Å²) in [6, 6.07) is 7.85. The Morgan fingerprint density at radius 2 is 1.90 bits per heavy atom. The molecular weight excluding hydrogens is 373 g/mol. The summed E-state index contributed by atoms with van der Waals surface area (Å²) < 4.78 is 25.5. The molecule has 1 aromatic heterocycles. The first-order valence-corrected chi connectivity index (χ1v) is 9.67. The minimum Gasteiger partial charge on any atom is -0.488 e. The summed E-state index contributed by atoms with van der Waals surface area (Å²) in [5.74, 6) is 0.324. The molecule has 2 aromatic rings. The van der Waals surface area contributed by atoms with Crippen LogP contribution in [0.3, 0.4) is 0 Å². The molecule has 1 atom stereocenters. The number of benzene rings is 1. The van der Waals surface area contributed by atoms with E-state index in [2.05, 4.69) is 10.3 Å². The fourth-order valence-electron chi connectivity index (χ4n) is 2.83. The van der Waals surface area contributed by atoms with Crippen LogP contribution >= 0.6 is 0 Å². The highest BCUT2D eigenvalue weighted by Gasteiger charge is 2.21. The van der Waals surface area contributed by atoms with Gasteiger partial charge in [0.1, 0.15) is 18.0 Å².